The maximum absolute atomic E-state index is 12.5. The number of guanidine groups is 1. The van der Waals surface area contributed by atoms with E-state index in [0.29, 0.717) is 17.1 Å². The van der Waals surface area contributed by atoms with E-state index >= 15 is 0 Å². The van der Waals surface area contributed by atoms with E-state index in [9.17, 15) is 14.4 Å². The summed E-state index contributed by atoms with van der Waals surface area (Å²) >= 11 is 1.50. The lowest BCUT2D eigenvalue weighted by molar-refractivity contribution is -0.119. The fourth-order valence-corrected chi connectivity index (χ4v) is 3.91. The van der Waals surface area contributed by atoms with Gasteiger partial charge in [-0.1, -0.05) is 55.1 Å². The van der Waals surface area contributed by atoms with E-state index in [-0.39, 0.29) is 18.3 Å². The van der Waals surface area contributed by atoms with Crippen molar-refractivity contribution in [3.63, 3.8) is 0 Å². The highest BCUT2D eigenvalue weighted by Gasteiger charge is 2.21. The van der Waals surface area contributed by atoms with Crippen LogP contribution < -0.4 is 21.3 Å². The van der Waals surface area contributed by atoms with Gasteiger partial charge in [0.2, 0.25) is 11.9 Å². The Morgan fingerprint density at radius 1 is 0.971 bits per heavy atom. The normalized spacial score (nSPS) is 10.9. The maximum Gasteiger partial charge on any atom is 0.436 e. The van der Waals surface area contributed by atoms with Gasteiger partial charge in [-0.25, -0.2) is 9.59 Å². The van der Waals surface area contributed by atoms with Gasteiger partial charge in [-0.05, 0) is 42.5 Å². The molecule has 35 heavy (non-hydrogen) atoms. The molecule has 4 amide bonds. The largest absolute Gasteiger partial charge is 0.451 e. The molecule has 0 atom stereocenters. The van der Waals surface area contributed by atoms with Gasteiger partial charge >= 0.3 is 12.1 Å². The van der Waals surface area contributed by atoms with Crippen LogP contribution in [0.25, 0.3) is 0 Å². The van der Waals surface area contributed by atoms with Crippen molar-refractivity contribution in [1.82, 2.24) is 5.32 Å². The Morgan fingerprint density at radius 3 is 2.23 bits per heavy atom. The number of methoxy groups -OCH3 is 1. The van der Waals surface area contributed by atoms with Gasteiger partial charge < -0.3 is 15.8 Å². The molecule has 3 aromatic carbocycles. The van der Waals surface area contributed by atoms with E-state index in [0.717, 1.165) is 9.79 Å². The van der Waals surface area contributed by atoms with Crippen molar-refractivity contribution in [3.8, 4) is 0 Å². The Kier molecular flexibility index (Phi) is 8.85. The van der Waals surface area contributed by atoms with Crippen LogP contribution in [-0.2, 0) is 9.53 Å². The quantitative estimate of drug-likeness (QED) is 0.325. The van der Waals surface area contributed by atoms with Crippen molar-refractivity contribution in [2.75, 3.05) is 17.3 Å². The molecule has 0 saturated heterocycles. The number of anilines is 3. The second-order valence-corrected chi connectivity index (χ2v) is 8.21. The highest BCUT2D eigenvalue weighted by Crippen LogP contribution is 2.37. The fraction of sp³-hybridized carbons (Fsp3) is 0.120. The molecule has 0 unspecified atom stereocenters. The van der Waals surface area contributed by atoms with Gasteiger partial charge in [0.25, 0.3) is 0 Å². The minimum atomic E-state index is -0.907. The summed E-state index contributed by atoms with van der Waals surface area (Å²) < 4.78 is 4.62. The molecule has 0 aliphatic heterocycles. The van der Waals surface area contributed by atoms with Crippen LogP contribution in [0.5, 0.6) is 0 Å². The van der Waals surface area contributed by atoms with Gasteiger partial charge in [0.1, 0.15) is 0 Å². The second-order valence-electron chi connectivity index (χ2n) is 7.06. The molecule has 0 aliphatic rings. The van der Waals surface area contributed by atoms with E-state index in [1.807, 2.05) is 42.5 Å². The number of ether oxygens (including phenoxy) is 1. The zero-order valence-electron chi connectivity index (χ0n) is 19.2. The number of hydrogen-bond acceptors (Lipinski definition) is 5. The molecule has 3 aromatic rings. The van der Waals surface area contributed by atoms with Crippen LogP contribution >= 0.6 is 11.8 Å². The van der Waals surface area contributed by atoms with E-state index < -0.39 is 12.1 Å². The fourth-order valence-electron chi connectivity index (χ4n) is 3.03. The van der Waals surface area contributed by atoms with E-state index in [2.05, 4.69) is 20.4 Å². The molecule has 0 fully saturated rings. The Morgan fingerprint density at radius 2 is 1.63 bits per heavy atom. The predicted octanol–water partition coefficient (Wildman–Crippen LogP) is 5.12. The second kappa shape index (κ2) is 12.2. The van der Waals surface area contributed by atoms with Crippen LogP contribution in [0.1, 0.15) is 13.3 Å². The van der Waals surface area contributed by atoms with Crippen molar-refractivity contribution < 1.29 is 19.1 Å². The third-order valence-electron chi connectivity index (χ3n) is 4.63. The number of amides is 4. The molecule has 4 N–H and O–H groups in total. The van der Waals surface area contributed by atoms with Crippen LogP contribution in [0.2, 0.25) is 0 Å². The summed E-state index contributed by atoms with van der Waals surface area (Å²) in [5, 5.41) is 5.51. The van der Waals surface area contributed by atoms with E-state index in [4.69, 9.17) is 5.73 Å². The summed E-state index contributed by atoms with van der Waals surface area (Å²) in [5.74, 6) is -0.518. The average molecular weight is 492 g/mol. The van der Waals surface area contributed by atoms with Crippen molar-refractivity contribution in [3.05, 3.63) is 78.9 Å². The Labute approximate surface area is 207 Å². The molecule has 0 heterocycles. The molecule has 10 heteroatoms. The molecular formula is C25H25N5O4S. The van der Waals surface area contributed by atoms with Crippen LogP contribution in [0, 0.1) is 0 Å². The van der Waals surface area contributed by atoms with Crippen molar-refractivity contribution >= 4 is 52.8 Å². The molecule has 3 rings (SSSR count). The molecule has 0 aliphatic carbocycles. The van der Waals surface area contributed by atoms with E-state index in [1.165, 1.54) is 23.8 Å². The first-order chi connectivity index (χ1) is 16.9. The first kappa shape index (κ1) is 25.3. The van der Waals surface area contributed by atoms with Gasteiger partial charge in [-0.3, -0.25) is 15.0 Å². The summed E-state index contributed by atoms with van der Waals surface area (Å²) in [5.41, 5.74) is 7.06. The summed E-state index contributed by atoms with van der Waals surface area (Å²) in [6.45, 7) is 1.66. The Balaban J connectivity index is 2.10. The highest BCUT2D eigenvalue weighted by atomic mass is 32.2. The molecule has 0 bridgehead atoms. The minimum Gasteiger partial charge on any atom is -0.451 e. The van der Waals surface area contributed by atoms with Gasteiger partial charge in [-0.15, -0.1) is 4.99 Å². The van der Waals surface area contributed by atoms with Gasteiger partial charge in [0, 0.05) is 16.2 Å². The lowest BCUT2D eigenvalue weighted by Crippen LogP contribution is -2.37. The lowest BCUT2D eigenvalue weighted by Gasteiger charge is -2.25. The number of carbonyl (C=O) groups excluding carboxylic acids is 3. The number of hydrogen-bond donors (Lipinski definition) is 3. The zero-order chi connectivity index (χ0) is 25.2. The molecule has 0 aromatic heterocycles. The van der Waals surface area contributed by atoms with Crippen molar-refractivity contribution in [1.29, 1.82) is 0 Å². The molecular weight excluding hydrogens is 466 g/mol. The van der Waals surface area contributed by atoms with Crippen molar-refractivity contribution in [2.45, 2.75) is 23.1 Å². The number of nitrogens with one attached hydrogen (secondary N) is 2. The number of aliphatic imine (C=N–C) groups is 1. The molecule has 0 radical (unpaired) electrons. The zero-order valence-corrected chi connectivity index (χ0v) is 20.0. The smallest absolute Gasteiger partial charge is 0.436 e. The number of carbonyl (C=O) groups is 3. The van der Waals surface area contributed by atoms with Crippen LogP contribution in [0.4, 0.5) is 26.7 Å². The summed E-state index contributed by atoms with van der Waals surface area (Å²) in [4.78, 5) is 43.4. The molecule has 9 nitrogen and oxygen atoms in total. The predicted molar refractivity (Wildman–Crippen MR) is 137 cm³/mol. The highest BCUT2D eigenvalue weighted by molar-refractivity contribution is 7.99. The van der Waals surface area contributed by atoms with Gasteiger partial charge in [-0.2, -0.15) is 0 Å². The number of para-hydroxylation sites is 1. The first-order valence-electron chi connectivity index (χ1n) is 10.7. The maximum atomic E-state index is 12.5. The molecule has 0 saturated carbocycles. The number of primary amides is 1. The number of nitrogens with two attached hydrogens (primary N) is 1. The van der Waals surface area contributed by atoms with Crippen LogP contribution in [0.15, 0.2) is 93.6 Å². The first-order valence-corrected chi connectivity index (χ1v) is 11.5. The standard InChI is InChI=1S/C25H25N5O4S/c1-3-22(31)28-24(29-25(33)34-2)27-20-16-19(35-18-12-8-5-9-13-18)14-15-21(20)30(23(26)32)17-10-6-4-7-11-17/h4-16H,3H2,1-2H3,(H2,26,32)(H2,27,28,29,31,33). The summed E-state index contributed by atoms with van der Waals surface area (Å²) in [7, 11) is 1.18. The summed E-state index contributed by atoms with van der Waals surface area (Å²) in [6.07, 6.45) is -0.745. The minimum absolute atomic E-state index is 0.149. The summed E-state index contributed by atoms with van der Waals surface area (Å²) in [6, 6.07) is 23.2. The van der Waals surface area contributed by atoms with Gasteiger partial charge in [0.15, 0.2) is 0 Å². The van der Waals surface area contributed by atoms with Crippen LogP contribution in [-0.4, -0.2) is 31.1 Å². The monoisotopic (exact) mass is 491 g/mol. The van der Waals surface area contributed by atoms with E-state index in [1.54, 1.807) is 43.3 Å². The SMILES string of the molecule is CCC(=O)NC(=NC(=O)OC)Nc1cc(Sc2ccccc2)ccc1N(C(N)=O)c1ccccc1. The third-order valence-corrected chi connectivity index (χ3v) is 5.63. The van der Waals surface area contributed by atoms with Crippen molar-refractivity contribution in [2.24, 2.45) is 10.7 Å². The third kappa shape index (κ3) is 7.08. The number of nitrogens with zero attached hydrogens (tertiary/aromatic N) is 2. The number of benzene rings is 3. The van der Waals surface area contributed by atoms with Gasteiger partial charge in [0.05, 0.1) is 24.2 Å². The van der Waals surface area contributed by atoms with Crippen LogP contribution in [0.3, 0.4) is 0 Å². The molecule has 0 spiro atoms. The molecule has 180 valence electrons. The Bertz CT molecular complexity index is 1220. The number of urea groups is 1. The lowest BCUT2D eigenvalue weighted by atomic mass is 10.2. The Hall–Kier alpha value is -4.31. The number of rotatable bonds is 6. The topological polar surface area (TPSA) is 126 Å². The average Bonchev–Trinajstić information content (AvgIpc) is 2.86.